The van der Waals surface area contributed by atoms with Crippen LogP contribution in [-0.4, -0.2) is 49.6 Å². The summed E-state index contributed by atoms with van der Waals surface area (Å²) >= 11 is 6.13. The number of rotatable bonds is 9. The second-order valence-electron chi connectivity index (χ2n) is 14.9. The predicted molar refractivity (Wildman–Crippen MR) is 213 cm³/mol. The highest BCUT2D eigenvalue weighted by Crippen LogP contribution is 2.65. The van der Waals surface area contributed by atoms with Crippen LogP contribution in [-0.2, 0) is 19.2 Å². The van der Waals surface area contributed by atoms with Crippen LogP contribution in [0.25, 0.3) is 12.2 Å². The van der Waals surface area contributed by atoms with Crippen LogP contribution < -0.4 is 24.0 Å². The first kappa shape index (κ1) is 38.0. The fourth-order valence-electron chi connectivity index (χ4n) is 9.42. The Hall–Kier alpha value is -5.94. The molecule has 2 saturated heterocycles. The van der Waals surface area contributed by atoms with Crippen LogP contribution in [0.5, 0.6) is 23.0 Å². The number of nitrogens with zero attached hydrogens (tertiary/aromatic N) is 2. The van der Waals surface area contributed by atoms with Crippen LogP contribution in [0.3, 0.4) is 0 Å². The van der Waals surface area contributed by atoms with E-state index < -0.39 is 58.5 Å². The fourth-order valence-corrected chi connectivity index (χ4v) is 9.59. The van der Waals surface area contributed by atoms with Crippen molar-refractivity contribution >= 4 is 58.8 Å². The number of allylic oxidation sites excluding steroid dienone is 2. The summed E-state index contributed by atoms with van der Waals surface area (Å²) < 4.78 is 30.8. The van der Waals surface area contributed by atoms with Gasteiger partial charge in [-0.15, -0.1) is 0 Å². The van der Waals surface area contributed by atoms with Gasteiger partial charge in [0.25, 0.3) is 0 Å². The maximum Gasteiger partial charge on any atom is 0.241 e. The lowest BCUT2D eigenvalue weighted by Crippen LogP contribution is -2.48. The molecule has 2 heterocycles. The maximum absolute atomic E-state index is 14.7. The molecule has 4 amide bonds. The van der Waals surface area contributed by atoms with Crippen LogP contribution in [0.15, 0.2) is 90.5 Å². The topological polar surface area (TPSA) is 123 Å². The summed E-state index contributed by atoms with van der Waals surface area (Å²) in [6.45, 7) is 3.76. The van der Waals surface area contributed by atoms with E-state index >= 15 is 0 Å². The molecule has 2 aliphatic carbocycles. The zero-order valence-corrected chi connectivity index (χ0v) is 32.5. The first-order valence-corrected chi connectivity index (χ1v) is 19.2. The Balaban J connectivity index is 1.16. The van der Waals surface area contributed by atoms with Crippen molar-refractivity contribution < 1.29 is 42.9 Å². The molecular weight excluding hydrogens is 751 g/mol. The van der Waals surface area contributed by atoms with Gasteiger partial charge in [0.2, 0.25) is 23.6 Å². The normalized spacial score (nSPS) is 25.4. The molecule has 10 nitrogen and oxygen atoms in total. The molecule has 0 bridgehead atoms. The van der Waals surface area contributed by atoms with E-state index in [-0.39, 0.29) is 47.6 Å². The largest absolute Gasteiger partial charge is 0.504 e. The van der Waals surface area contributed by atoms with Gasteiger partial charge in [-0.05, 0) is 92.8 Å². The Morgan fingerprint density at radius 2 is 1.61 bits per heavy atom. The number of hydrogen-bond acceptors (Lipinski definition) is 8. The highest BCUT2D eigenvalue weighted by Gasteiger charge is 2.68. The number of phenolic OH excluding ortho intramolecular Hbond substituents is 1. The van der Waals surface area contributed by atoms with Crippen LogP contribution in [0.4, 0.5) is 15.8 Å². The Labute approximate surface area is 334 Å². The van der Waals surface area contributed by atoms with E-state index in [1.807, 2.05) is 48.6 Å². The monoisotopic (exact) mass is 790 g/mol. The Morgan fingerprint density at radius 3 is 2.32 bits per heavy atom. The third-order valence-corrected chi connectivity index (χ3v) is 12.4. The van der Waals surface area contributed by atoms with Crippen molar-refractivity contribution in [3.8, 4) is 23.0 Å². The Morgan fingerprint density at radius 1 is 0.860 bits per heavy atom. The molecule has 3 fully saturated rings. The van der Waals surface area contributed by atoms with Crippen molar-refractivity contribution in [1.29, 1.82) is 0 Å². The average Bonchev–Trinajstić information content (AvgIpc) is 3.58. The summed E-state index contributed by atoms with van der Waals surface area (Å²) in [4.78, 5) is 60.3. The minimum absolute atomic E-state index is 0.103. The van der Waals surface area contributed by atoms with Gasteiger partial charge in [-0.25, -0.2) is 9.29 Å². The van der Waals surface area contributed by atoms with E-state index in [1.165, 1.54) is 17.0 Å². The van der Waals surface area contributed by atoms with Crippen molar-refractivity contribution in [2.24, 2.45) is 29.1 Å². The summed E-state index contributed by atoms with van der Waals surface area (Å²) in [7, 11) is 3.18. The minimum atomic E-state index is -1.43. The van der Waals surface area contributed by atoms with E-state index in [0.717, 1.165) is 22.1 Å². The Kier molecular flexibility index (Phi) is 9.68. The Bertz CT molecular complexity index is 2390. The fraction of sp³-hybridized carbons (Fsp3) is 0.289. The van der Waals surface area contributed by atoms with Crippen LogP contribution in [0.1, 0.15) is 49.3 Å². The van der Waals surface area contributed by atoms with Crippen molar-refractivity contribution in [1.82, 2.24) is 0 Å². The van der Waals surface area contributed by atoms with Gasteiger partial charge in [-0.1, -0.05) is 59.7 Å². The quantitative estimate of drug-likeness (QED) is 0.102. The molecule has 0 aromatic heterocycles. The summed E-state index contributed by atoms with van der Waals surface area (Å²) in [5.74, 6) is -5.06. The lowest BCUT2D eigenvalue weighted by molar-refractivity contribution is -0.131. The third kappa shape index (κ3) is 5.98. The van der Waals surface area contributed by atoms with Gasteiger partial charge in [0.1, 0.15) is 17.3 Å². The molecule has 57 heavy (non-hydrogen) atoms. The molecule has 292 valence electrons. The molecule has 12 heteroatoms. The van der Waals surface area contributed by atoms with Gasteiger partial charge in [0.15, 0.2) is 11.5 Å². The molecular formula is C45H40ClFN2O8. The number of aromatic hydroxyl groups is 1. The van der Waals surface area contributed by atoms with Crippen LogP contribution >= 0.6 is 11.6 Å². The molecule has 1 saturated carbocycles. The van der Waals surface area contributed by atoms with Gasteiger partial charge in [0, 0.05) is 17.0 Å². The molecule has 2 aliphatic heterocycles. The van der Waals surface area contributed by atoms with E-state index in [4.69, 9.17) is 25.8 Å². The van der Waals surface area contributed by atoms with E-state index in [9.17, 15) is 28.7 Å². The first-order valence-electron chi connectivity index (χ1n) is 18.8. The number of phenols is 1. The number of carbonyl (C=O) groups excluding carboxylic acids is 4. The zero-order chi connectivity index (χ0) is 40.3. The number of ether oxygens (including phenoxy) is 3. The molecule has 0 radical (unpaired) electrons. The molecule has 0 unspecified atom stereocenters. The first-order chi connectivity index (χ1) is 27.4. The third-order valence-electron chi connectivity index (χ3n) is 12.1. The van der Waals surface area contributed by atoms with Gasteiger partial charge < -0.3 is 19.3 Å². The number of methoxy groups -OCH3 is 2. The highest BCUT2D eigenvalue weighted by atomic mass is 35.5. The lowest BCUT2D eigenvalue weighted by atomic mass is 9.51. The number of benzene rings is 4. The average molecular weight is 791 g/mol. The smallest absolute Gasteiger partial charge is 0.241 e. The number of anilines is 2. The van der Waals surface area contributed by atoms with Gasteiger partial charge in [-0.2, -0.15) is 0 Å². The minimum Gasteiger partial charge on any atom is -0.504 e. The van der Waals surface area contributed by atoms with Crippen molar-refractivity contribution in [3.05, 3.63) is 118 Å². The standard InChI is InChI=1S/C45H40ClFN2O8/c1-5-57-37-8-6-7-31(40(37)50)39-29-17-18-30-38(32(29)23-33-42(52)49(44(54)45(33,39)2)27-15-19-35(47)34(46)22-27)43(53)48(41(30)51)26-13-10-24(11-14-26)9-12-25-21-28(55-3)16-20-36(25)56-4/h6-17,19-22,30,32-33,38-39,50H,5,18,23H2,1-4H3/t30-,32+,33-,38-,39+,45+/m0/s1. The van der Waals surface area contributed by atoms with E-state index in [1.54, 1.807) is 58.4 Å². The van der Waals surface area contributed by atoms with Gasteiger partial charge in [0.05, 0.1) is 60.4 Å². The maximum atomic E-state index is 14.7. The SMILES string of the molecule is CCOc1cccc([C@H]2C3=CC[C@@H]4C(=O)N(c5ccc(C=Cc6cc(OC)ccc6OC)cc5)C(=O)[C@@H]4[C@@H]3C[C@H]3C(=O)N(c4ccc(F)c(Cl)c4)C(=O)[C@@]23C)c1O. The molecule has 1 N–H and O–H groups in total. The summed E-state index contributed by atoms with van der Waals surface area (Å²) in [6.07, 6.45) is 6.02. The van der Waals surface area contributed by atoms with Crippen molar-refractivity contribution in [2.45, 2.75) is 32.6 Å². The molecule has 4 aromatic rings. The number of fused-ring (bicyclic) bond motifs is 4. The van der Waals surface area contributed by atoms with Crippen molar-refractivity contribution in [3.63, 3.8) is 0 Å². The molecule has 8 rings (SSSR count). The second kappa shape index (κ2) is 14.5. The van der Waals surface area contributed by atoms with Crippen LogP contribution in [0.2, 0.25) is 5.02 Å². The molecule has 6 atom stereocenters. The van der Waals surface area contributed by atoms with E-state index in [0.29, 0.717) is 28.3 Å². The molecule has 4 aromatic carbocycles. The lowest BCUT2D eigenvalue weighted by Gasteiger charge is -2.49. The molecule has 0 spiro atoms. The number of carbonyl (C=O) groups is 4. The molecule has 4 aliphatic rings. The van der Waals surface area contributed by atoms with Gasteiger partial charge >= 0.3 is 0 Å². The second-order valence-corrected chi connectivity index (χ2v) is 15.3. The predicted octanol–water partition coefficient (Wildman–Crippen LogP) is 8.21. The highest BCUT2D eigenvalue weighted by molar-refractivity contribution is 6.32. The number of imide groups is 2. The van der Waals surface area contributed by atoms with E-state index in [2.05, 4.69) is 0 Å². The van der Waals surface area contributed by atoms with Gasteiger partial charge in [-0.3, -0.25) is 24.1 Å². The zero-order valence-electron chi connectivity index (χ0n) is 31.7. The van der Waals surface area contributed by atoms with Crippen LogP contribution in [0, 0.1) is 34.9 Å². The summed E-state index contributed by atoms with van der Waals surface area (Å²) in [5, 5.41) is 11.4. The number of halogens is 2. The van der Waals surface area contributed by atoms with Crippen molar-refractivity contribution in [2.75, 3.05) is 30.6 Å². The summed E-state index contributed by atoms with van der Waals surface area (Å²) in [5.41, 5.74) is 1.81. The number of hydrogen-bond donors (Lipinski definition) is 1. The number of para-hydroxylation sites is 1. The summed E-state index contributed by atoms with van der Waals surface area (Å²) in [6, 6.07) is 21.3. The number of amides is 4.